The van der Waals surface area contributed by atoms with Gasteiger partial charge in [0.2, 0.25) is 0 Å². The number of hydrogen-bond donors (Lipinski definition) is 2. The number of amides is 1. The zero-order chi connectivity index (χ0) is 14.6. The molecule has 0 bridgehead atoms. The lowest BCUT2D eigenvalue weighted by molar-refractivity contribution is 0.0326. The van der Waals surface area contributed by atoms with Crippen LogP contribution in [-0.4, -0.2) is 48.7 Å². The number of halogens is 1. The fourth-order valence-electron chi connectivity index (χ4n) is 1.96. The van der Waals surface area contributed by atoms with Crippen molar-refractivity contribution in [1.29, 1.82) is 0 Å². The van der Waals surface area contributed by atoms with Crippen LogP contribution in [0.25, 0.3) is 0 Å². The summed E-state index contributed by atoms with van der Waals surface area (Å²) in [7, 11) is 3.77. The Balaban J connectivity index is 2.68. The first-order chi connectivity index (χ1) is 8.73. The summed E-state index contributed by atoms with van der Waals surface area (Å²) in [5, 5.41) is 12.9. The molecule has 1 aromatic rings. The lowest BCUT2D eigenvalue weighted by Gasteiger charge is -2.27. The van der Waals surface area contributed by atoms with Crippen molar-refractivity contribution in [3.8, 4) is 0 Å². The molecule has 4 nitrogen and oxygen atoms in total. The van der Waals surface area contributed by atoms with E-state index < -0.39 is 5.60 Å². The molecule has 0 fully saturated rings. The maximum Gasteiger partial charge on any atom is 0.251 e. The first-order valence-corrected chi connectivity index (χ1v) is 6.93. The molecule has 0 aromatic heterocycles. The standard InChI is InChI=1S/C14H21BrN2O2/c1-10-11(6-5-7-12(10)15)13(18)16-8-14(2,19)9-17(3)4/h5-7,19H,8-9H2,1-4H3,(H,16,18). The molecule has 1 rings (SSSR count). The molecule has 1 atom stereocenters. The van der Waals surface area contributed by atoms with Crippen molar-refractivity contribution in [1.82, 2.24) is 10.2 Å². The summed E-state index contributed by atoms with van der Waals surface area (Å²) in [6.07, 6.45) is 0. The molecule has 0 saturated heterocycles. The Bertz CT molecular complexity index is 459. The van der Waals surface area contributed by atoms with Crippen molar-refractivity contribution < 1.29 is 9.90 Å². The van der Waals surface area contributed by atoms with Gasteiger partial charge in [-0.2, -0.15) is 0 Å². The zero-order valence-electron chi connectivity index (χ0n) is 11.8. The molecule has 1 unspecified atom stereocenters. The third kappa shape index (κ3) is 4.93. The summed E-state index contributed by atoms with van der Waals surface area (Å²) in [5.74, 6) is -0.169. The topological polar surface area (TPSA) is 52.6 Å². The number of aliphatic hydroxyl groups is 1. The monoisotopic (exact) mass is 328 g/mol. The molecule has 0 aliphatic heterocycles. The van der Waals surface area contributed by atoms with Gasteiger partial charge in [-0.15, -0.1) is 0 Å². The van der Waals surface area contributed by atoms with Gasteiger partial charge in [-0.25, -0.2) is 0 Å². The number of nitrogens with one attached hydrogen (secondary N) is 1. The first kappa shape index (κ1) is 16.1. The molecule has 1 amide bonds. The second-order valence-electron chi connectivity index (χ2n) is 5.33. The van der Waals surface area contributed by atoms with Crippen LogP contribution in [0.3, 0.4) is 0 Å². The normalized spacial score (nSPS) is 14.3. The molecule has 0 radical (unpaired) electrons. The van der Waals surface area contributed by atoms with E-state index in [9.17, 15) is 9.90 Å². The largest absolute Gasteiger partial charge is 0.387 e. The van der Waals surface area contributed by atoms with E-state index >= 15 is 0 Å². The minimum absolute atomic E-state index is 0.169. The Labute approximate surface area is 122 Å². The Morgan fingerprint density at radius 2 is 2.11 bits per heavy atom. The van der Waals surface area contributed by atoms with Crippen LogP contribution in [0, 0.1) is 6.92 Å². The van der Waals surface area contributed by atoms with Gasteiger partial charge in [-0.1, -0.05) is 22.0 Å². The van der Waals surface area contributed by atoms with Crippen molar-refractivity contribution in [3.63, 3.8) is 0 Å². The van der Waals surface area contributed by atoms with Crippen LogP contribution >= 0.6 is 15.9 Å². The predicted molar refractivity (Wildman–Crippen MR) is 80.4 cm³/mol. The van der Waals surface area contributed by atoms with Crippen LogP contribution in [-0.2, 0) is 0 Å². The van der Waals surface area contributed by atoms with Gasteiger partial charge >= 0.3 is 0 Å². The lowest BCUT2D eigenvalue weighted by atomic mass is 10.1. The lowest BCUT2D eigenvalue weighted by Crippen LogP contribution is -2.47. The van der Waals surface area contributed by atoms with Crippen LogP contribution in [0.4, 0.5) is 0 Å². The Morgan fingerprint density at radius 1 is 1.47 bits per heavy atom. The number of likely N-dealkylation sites (N-methyl/N-ethyl adjacent to an activating group) is 1. The van der Waals surface area contributed by atoms with E-state index in [-0.39, 0.29) is 12.5 Å². The molecule has 1 aromatic carbocycles. The highest BCUT2D eigenvalue weighted by molar-refractivity contribution is 9.10. The van der Waals surface area contributed by atoms with Gasteiger partial charge in [0.25, 0.3) is 5.91 Å². The van der Waals surface area contributed by atoms with E-state index in [0.717, 1.165) is 10.0 Å². The highest BCUT2D eigenvalue weighted by atomic mass is 79.9. The molecular formula is C14H21BrN2O2. The van der Waals surface area contributed by atoms with Gasteiger partial charge < -0.3 is 15.3 Å². The van der Waals surface area contributed by atoms with Crippen LogP contribution in [0.5, 0.6) is 0 Å². The quantitative estimate of drug-likeness (QED) is 0.866. The highest BCUT2D eigenvalue weighted by Gasteiger charge is 2.22. The van der Waals surface area contributed by atoms with Crippen molar-refractivity contribution in [2.24, 2.45) is 0 Å². The van der Waals surface area contributed by atoms with Crippen LogP contribution in [0.1, 0.15) is 22.8 Å². The molecule has 0 saturated carbocycles. The van der Waals surface area contributed by atoms with E-state index in [0.29, 0.717) is 12.1 Å². The smallest absolute Gasteiger partial charge is 0.251 e. The van der Waals surface area contributed by atoms with Crippen LogP contribution < -0.4 is 5.32 Å². The second kappa shape index (κ2) is 6.50. The van der Waals surface area contributed by atoms with Crippen LogP contribution in [0.2, 0.25) is 0 Å². The molecule has 0 aliphatic rings. The fraction of sp³-hybridized carbons (Fsp3) is 0.500. The summed E-state index contributed by atoms with van der Waals surface area (Å²) in [6, 6.07) is 5.49. The SMILES string of the molecule is Cc1c(Br)cccc1C(=O)NCC(C)(O)CN(C)C. The summed E-state index contributed by atoms with van der Waals surface area (Å²) in [6.45, 7) is 4.30. The minimum Gasteiger partial charge on any atom is -0.387 e. The number of rotatable bonds is 5. The number of carbonyl (C=O) groups is 1. The van der Waals surface area contributed by atoms with Crippen molar-refractivity contribution >= 4 is 21.8 Å². The number of hydrogen-bond acceptors (Lipinski definition) is 3. The predicted octanol–water partition coefficient (Wildman–Crippen LogP) is 1.80. The maximum atomic E-state index is 12.1. The summed E-state index contributed by atoms with van der Waals surface area (Å²) < 4.78 is 0.903. The number of nitrogens with zero attached hydrogens (tertiary/aromatic N) is 1. The van der Waals surface area contributed by atoms with Crippen molar-refractivity contribution in [2.75, 3.05) is 27.2 Å². The molecular weight excluding hydrogens is 308 g/mol. The van der Waals surface area contributed by atoms with E-state index in [1.807, 2.05) is 38.1 Å². The minimum atomic E-state index is -0.945. The van der Waals surface area contributed by atoms with Gasteiger partial charge in [-0.05, 0) is 45.6 Å². The molecule has 2 N–H and O–H groups in total. The fourth-order valence-corrected chi connectivity index (χ4v) is 2.32. The highest BCUT2D eigenvalue weighted by Crippen LogP contribution is 2.19. The first-order valence-electron chi connectivity index (χ1n) is 6.13. The Morgan fingerprint density at radius 3 is 2.68 bits per heavy atom. The average molecular weight is 329 g/mol. The number of carbonyl (C=O) groups excluding carboxylic acids is 1. The summed E-state index contributed by atoms with van der Waals surface area (Å²) in [4.78, 5) is 14.0. The van der Waals surface area contributed by atoms with E-state index in [1.54, 1.807) is 13.0 Å². The van der Waals surface area contributed by atoms with E-state index in [4.69, 9.17) is 0 Å². The third-order valence-electron chi connectivity index (χ3n) is 2.80. The second-order valence-corrected chi connectivity index (χ2v) is 6.18. The van der Waals surface area contributed by atoms with Gasteiger partial charge in [-0.3, -0.25) is 4.79 Å². The zero-order valence-corrected chi connectivity index (χ0v) is 13.4. The van der Waals surface area contributed by atoms with Gasteiger partial charge in [0.15, 0.2) is 0 Å². The molecule has 5 heteroatoms. The van der Waals surface area contributed by atoms with E-state index in [2.05, 4.69) is 21.2 Å². The van der Waals surface area contributed by atoms with Gasteiger partial charge in [0.05, 0.1) is 5.60 Å². The van der Waals surface area contributed by atoms with Crippen molar-refractivity contribution in [2.45, 2.75) is 19.4 Å². The Hall–Kier alpha value is -0.910. The molecule has 19 heavy (non-hydrogen) atoms. The van der Waals surface area contributed by atoms with Crippen LogP contribution in [0.15, 0.2) is 22.7 Å². The molecule has 0 heterocycles. The summed E-state index contributed by atoms with van der Waals surface area (Å²) in [5.41, 5.74) is 0.571. The Kier molecular flexibility index (Phi) is 5.52. The maximum absolute atomic E-state index is 12.1. The summed E-state index contributed by atoms with van der Waals surface area (Å²) >= 11 is 3.40. The third-order valence-corrected chi connectivity index (χ3v) is 3.66. The molecule has 106 valence electrons. The van der Waals surface area contributed by atoms with Gasteiger partial charge in [0.1, 0.15) is 0 Å². The molecule has 0 aliphatic carbocycles. The molecule has 0 spiro atoms. The van der Waals surface area contributed by atoms with Crippen molar-refractivity contribution in [3.05, 3.63) is 33.8 Å². The average Bonchev–Trinajstić information content (AvgIpc) is 2.28. The van der Waals surface area contributed by atoms with E-state index in [1.165, 1.54) is 0 Å². The number of benzene rings is 1. The van der Waals surface area contributed by atoms with Gasteiger partial charge in [0, 0.05) is 23.1 Å².